The zero-order chi connectivity index (χ0) is 11.3. The maximum Gasteiger partial charge on any atom is 0.0900 e. The molecule has 0 saturated heterocycles. The number of rotatable bonds is 0. The smallest absolute Gasteiger partial charge is 0.0745 e. The molecule has 0 atom stereocenters. The molecular formula is C13H16Cl2. The van der Waals surface area contributed by atoms with E-state index in [1.54, 1.807) is 0 Å². The van der Waals surface area contributed by atoms with E-state index in [0.29, 0.717) is 10.1 Å². The Hall–Kier alpha value is -0.380. The summed E-state index contributed by atoms with van der Waals surface area (Å²) in [6, 6.07) is 0. The Morgan fingerprint density at radius 2 is 1.60 bits per heavy atom. The first-order valence-electron chi connectivity index (χ1n) is 5.34. The first kappa shape index (κ1) is 12.7. The molecule has 1 rings (SSSR count). The largest absolute Gasteiger partial charge is 0.0900 e. The zero-order valence-corrected chi connectivity index (χ0v) is 10.8. The standard InChI is InChI=1S/C13H16Cl2/c1-10(2)12(14)8-9-13(15)11-6-4-3-5-7-11/h3-7H2,1-2H3. The van der Waals surface area contributed by atoms with Crippen LogP contribution in [0.3, 0.4) is 0 Å². The van der Waals surface area contributed by atoms with Crippen LogP contribution in [0, 0.1) is 11.8 Å². The molecule has 1 saturated carbocycles. The first-order valence-corrected chi connectivity index (χ1v) is 6.09. The Balaban J connectivity index is 2.76. The lowest BCUT2D eigenvalue weighted by molar-refractivity contribution is 0.598. The van der Waals surface area contributed by atoms with Gasteiger partial charge in [-0.2, -0.15) is 0 Å². The van der Waals surface area contributed by atoms with Gasteiger partial charge >= 0.3 is 0 Å². The Kier molecular flexibility index (Phi) is 5.29. The first-order chi connectivity index (χ1) is 7.11. The molecule has 0 spiro atoms. The molecule has 1 aliphatic rings. The third-order valence-electron chi connectivity index (χ3n) is 2.49. The molecule has 0 nitrogen and oxygen atoms in total. The molecule has 0 N–H and O–H groups in total. The molecule has 15 heavy (non-hydrogen) atoms. The maximum absolute atomic E-state index is 6.13. The highest BCUT2D eigenvalue weighted by molar-refractivity contribution is 6.34. The molecule has 0 unspecified atom stereocenters. The van der Waals surface area contributed by atoms with Crippen LogP contribution in [0.5, 0.6) is 0 Å². The van der Waals surface area contributed by atoms with Crippen molar-refractivity contribution in [1.29, 1.82) is 0 Å². The van der Waals surface area contributed by atoms with Crippen LogP contribution in [0.2, 0.25) is 0 Å². The van der Waals surface area contributed by atoms with Crippen LogP contribution in [0.25, 0.3) is 0 Å². The van der Waals surface area contributed by atoms with Gasteiger partial charge in [-0.1, -0.05) is 29.6 Å². The van der Waals surface area contributed by atoms with Gasteiger partial charge in [-0.05, 0) is 62.5 Å². The predicted octanol–water partition coefficient (Wildman–Crippen LogP) is 4.98. The van der Waals surface area contributed by atoms with Crippen LogP contribution in [-0.4, -0.2) is 0 Å². The van der Waals surface area contributed by atoms with Gasteiger partial charge in [-0.25, -0.2) is 0 Å². The summed E-state index contributed by atoms with van der Waals surface area (Å²) in [6.07, 6.45) is 5.99. The molecule has 0 bridgehead atoms. The summed E-state index contributed by atoms with van der Waals surface area (Å²) in [6.45, 7) is 3.89. The summed E-state index contributed by atoms with van der Waals surface area (Å²) in [7, 11) is 0. The normalized spacial score (nSPS) is 15.3. The van der Waals surface area contributed by atoms with E-state index in [-0.39, 0.29) is 0 Å². The number of hydrogen-bond donors (Lipinski definition) is 0. The van der Waals surface area contributed by atoms with Gasteiger partial charge in [0.25, 0.3) is 0 Å². The van der Waals surface area contributed by atoms with Crippen molar-refractivity contribution in [3.05, 3.63) is 21.2 Å². The third kappa shape index (κ3) is 4.33. The second-order valence-electron chi connectivity index (χ2n) is 4.04. The molecule has 0 aromatic heterocycles. The van der Waals surface area contributed by atoms with E-state index < -0.39 is 0 Å². The minimum atomic E-state index is 0.601. The van der Waals surface area contributed by atoms with Crippen LogP contribution in [0.4, 0.5) is 0 Å². The average molecular weight is 243 g/mol. The lowest BCUT2D eigenvalue weighted by atomic mass is 9.95. The van der Waals surface area contributed by atoms with Gasteiger partial charge in [0.1, 0.15) is 0 Å². The molecule has 0 amide bonds. The molecule has 0 heterocycles. The minimum absolute atomic E-state index is 0.601. The quantitative estimate of drug-likeness (QED) is 0.526. The topological polar surface area (TPSA) is 0 Å². The van der Waals surface area contributed by atoms with Crippen LogP contribution in [-0.2, 0) is 0 Å². The summed E-state index contributed by atoms with van der Waals surface area (Å²) in [4.78, 5) is 0. The molecule has 0 radical (unpaired) electrons. The van der Waals surface area contributed by atoms with Crippen molar-refractivity contribution in [1.82, 2.24) is 0 Å². The van der Waals surface area contributed by atoms with Crippen molar-refractivity contribution >= 4 is 23.2 Å². The van der Waals surface area contributed by atoms with E-state index in [9.17, 15) is 0 Å². The van der Waals surface area contributed by atoms with Gasteiger partial charge in [-0.15, -0.1) is 0 Å². The summed E-state index contributed by atoms with van der Waals surface area (Å²) in [5, 5.41) is 1.30. The Morgan fingerprint density at radius 3 is 2.13 bits per heavy atom. The Morgan fingerprint density at radius 1 is 1.00 bits per heavy atom. The van der Waals surface area contributed by atoms with Gasteiger partial charge in [-0.3, -0.25) is 0 Å². The van der Waals surface area contributed by atoms with E-state index in [0.717, 1.165) is 18.4 Å². The number of halogens is 2. The predicted molar refractivity (Wildman–Crippen MR) is 68.0 cm³/mol. The second-order valence-corrected chi connectivity index (χ2v) is 4.80. The molecule has 1 fully saturated rings. The maximum atomic E-state index is 6.13. The summed E-state index contributed by atoms with van der Waals surface area (Å²) in [5.41, 5.74) is 2.33. The summed E-state index contributed by atoms with van der Waals surface area (Å²) >= 11 is 12.1. The fourth-order valence-corrected chi connectivity index (χ4v) is 1.80. The molecule has 0 aliphatic heterocycles. The molecule has 0 aromatic carbocycles. The highest BCUT2D eigenvalue weighted by Crippen LogP contribution is 2.27. The van der Waals surface area contributed by atoms with E-state index >= 15 is 0 Å². The third-order valence-corrected chi connectivity index (χ3v) is 3.32. The van der Waals surface area contributed by atoms with Gasteiger partial charge in [0.05, 0.1) is 10.1 Å². The SMILES string of the molecule is CC(C)=C(Cl)C#CC(Cl)=C1CCCCC1. The highest BCUT2D eigenvalue weighted by Gasteiger charge is 2.08. The van der Waals surface area contributed by atoms with Crippen molar-refractivity contribution in [3.8, 4) is 11.8 Å². The molecule has 1 aliphatic carbocycles. The van der Waals surface area contributed by atoms with E-state index in [1.807, 2.05) is 13.8 Å². The number of hydrogen-bond acceptors (Lipinski definition) is 0. The van der Waals surface area contributed by atoms with Crippen LogP contribution < -0.4 is 0 Å². The fourth-order valence-electron chi connectivity index (χ4n) is 1.52. The van der Waals surface area contributed by atoms with E-state index in [4.69, 9.17) is 23.2 Å². The van der Waals surface area contributed by atoms with E-state index in [2.05, 4.69) is 11.8 Å². The van der Waals surface area contributed by atoms with E-state index in [1.165, 1.54) is 24.8 Å². The van der Waals surface area contributed by atoms with Crippen molar-refractivity contribution in [2.45, 2.75) is 46.0 Å². The number of allylic oxidation sites excluding steroid dienone is 4. The van der Waals surface area contributed by atoms with Gasteiger partial charge in [0.15, 0.2) is 0 Å². The molecular weight excluding hydrogens is 227 g/mol. The van der Waals surface area contributed by atoms with Crippen molar-refractivity contribution < 1.29 is 0 Å². The van der Waals surface area contributed by atoms with Crippen molar-refractivity contribution in [2.75, 3.05) is 0 Å². The lowest BCUT2D eigenvalue weighted by Gasteiger charge is -2.13. The van der Waals surface area contributed by atoms with Crippen LogP contribution in [0.15, 0.2) is 21.2 Å². The second kappa shape index (κ2) is 6.26. The minimum Gasteiger partial charge on any atom is -0.0745 e. The van der Waals surface area contributed by atoms with Gasteiger partial charge in [0.2, 0.25) is 0 Å². The van der Waals surface area contributed by atoms with Gasteiger partial charge < -0.3 is 0 Å². The fraction of sp³-hybridized carbons (Fsp3) is 0.538. The van der Waals surface area contributed by atoms with Crippen LogP contribution in [0.1, 0.15) is 46.0 Å². The summed E-state index contributed by atoms with van der Waals surface area (Å²) in [5.74, 6) is 5.82. The average Bonchev–Trinajstić information content (AvgIpc) is 2.26. The Labute approximate surface area is 102 Å². The molecule has 82 valence electrons. The lowest BCUT2D eigenvalue weighted by Crippen LogP contribution is -1.95. The van der Waals surface area contributed by atoms with Crippen molar-refractivity contribution in [2.24, 2.45) is 0 Å². The Bertz CT molecular complexity index is 338. The molecule has 2 heteroatoms. The monoisotopic (exact) mass is 242 g/mol. The van der Waals surface area contributed by atoms with Crippen LogP contribution >= 0.6 is 23.2 Å². The highest BCUT2D eigenvalue weighted by atomic mass is 35.5. The molecule has 0 aromatic rings. The zero-order valence-electron chi connectivity index (χ0n) is 9.29. The van der Waals surface area contributed by atoms with Crippen molar-refractivity contribution in [3.63, 3.8) is 0 Å². The van der Waals surface area contributed by atoms with Gasteiger partial charge in [0, 0.05) is 0 Å². The summed E-state index contributed by atoms with van der Waals surface area (Å²) < 4.78 is 0.